The summed E-state index contributed by atoms with van der Waals surface area (Å²) < 4.78 is 0. The van der Waals surface area contributed by atoms with Gasteiger partial charge in [-0.15, -0.1) is 13.2 Å². The molecule has 0 aromatic carbocycles. The number of hydrogen-bond acceptors (Lipinski definition) is 3. The molecule has 0 spiro atoms. The minimum Gasteiger partial charge on any atom is -0.364 e. The molecule has 0 aliphatic rings. The molecule has 110 valence electrons. The van der Waals surface area contributed by atoms with Crippen LogP contribution >= 0.6 is 0 Å². The maximum absolute atomic E-state index is 4.42. The molecule has 1 aromatic heterocycles. The molecule has 0 bridgehead atoms. The molecule has 0 saturated carbocycles. The predicted molar refractivity (Wildman–Crippen MR) is 88.2 cm³/mol. The average Bonchev–Trinajstić information content (AvgIpc) is 2.36. The van der Waals surface area contributed by atoms with Gasteiger partial charge in [-0.2, -0.15) is 0 Å². The molecule has 0 aliphatic heterocycles. The third-order valence-electron chi connectivity index (χ3n) is 2.95. The fraction of sp³-hybridized carbons (Fsp3) is 0.471. The topological polar surface area (TPSA) is 28.2 Å². The van der Waals surface area contributed by atoms with Crippen LogP contribution < -0.4 is 10.2 Å². The Morgan fingerprint density at radius 2 is 1.85 bits per heavy atom. The average molecular weight is 273 g/mol. The van der Waals surface area contributed by atoms with Crippen LogP contribution in [0.3, 0.4) is 0 Å². The van der Waals surface area contributed by atoms with Crippen LogP contribution in [0.2, 0.25) is 0 Å². The summed E-state index contributed by atoms with van der Waals surface area (Å²) in [6.07, 6.45) is 5.79. The Bertz CT molecular complexity index is 448. The summed E-state index contributed by atoms with van der Waals surface area (Å²) in [4.78, 5) is 6.68. The standard InChI is InChI=1S/C17H27N3/c1-7-9-20(10-8-2)16-11-14(3)18-12-15(16)13-19-17(4,5)6/h7-8,11-12,19H,1-2,9-10,13H2,3-6H3. The van der Waals surface area contributed by atoms with Crippen LogP contribution in [0.25, 0.3) is 0 Å². The summed E-state index contributed by atoms with van der Waals surface area (Å²) in [6.45, 7) is 18.6. The van der Waals surface area contributed by atoms with Crippen LogP contribution in [0.4, 0.5) is 5.69 Å². The largest absolute Gasteiger partial charge is 0.364 e. The van der Waals surface area contributed by atoms with Crippen molar-refractivity contribution in [1.29, 1.82) is 0 Å². The van der Waals surface area contributed by atoms with Crippen LogP contribution in [0.1, 0.15) is 32.0 Å². The van der Waals surface area contributed by atoms with Crippen molar-refractivity contribution in [3.63, 3.8) is 0 Å². The number of hydrogen-bond donors (Lipinski definition) is 1. The van der Waals surface area contributed by atoms with Gasteiger partial charge in [-0.1, -0.05) is 12.2 Å². The SMILES string of the molecule is C=CCN(CC=C)c1cc(C)ncc1CNC(C)(C)C. The third-order valence-corrected chi connectivity index (χ3v) is 2.95. The molecule has 0 saturated heterocycles. The lowest BCUT2D eigenvalue weighted by molar-refractivity contribution is 0.424. The van der Waals surface area contributed by atoms with Gasteiger partial charge in [0, 0.05) is 48.3 Å². The van der Waals surface area contributed by atoms with Gasteiger partial charge >= 0.3 is 0 Å². The Morgan fingerprint density at radius 1 is 1.25 bits per heavy atom. The molecule has 1 N–H and O–H groups in total. The monoisotopic (exact) mass is 273 g/mol. The number of aromatic nitrogens is 1. The van der Waals surface area contributed by atoms with Crippen molar-refractivity contribution in [3.05, 3.63) is 48.8 Å². The van der Waals surface area contributed by atoms with Crippen molar-refractivity contribution in [2.45, 2.75) is 39.8 Å². The van der Waals surface area contributed by atoms with Gasteiger partial charge in [0.05, 0.1) is 0 Å². The molecule has 0 aliphatic carbocycles. The van der Waals surface area contributed by atoms with Gasteiger partial charge in [-0.3, -0.25) is 4.98 Å². The minimum absolute atomic E-state index is 0.0872. The van der Waals surface area contributed by atoms with E-state index in [9.17, 15) is 0 Å². The molecule has 0 radical (unpaired) electrons. The zero-order valence-corrected chi connectivity index (χ0v) is 13.2. The van der Waals surface area contributed by atoms with Crippen LogP contribution in [-0.4, -0.2) is 23.6 Å². The molecule has 0 unspecified atom stereocenters. The normalized spacial score (nSPS) is 11.2. The molecule has 1 heterocycles. The minimum atomic E-state index is 0.0872. The predicted octanol–water partition coefficient (Wildman–Crippen LogP) is 3.46. The Hall–Kier alpha value is -1.61. The Labute approximate surface area is 123 Å². The zero-order chi connectivity index (χ0) is 15.2. The first-order valence-electron chi connectivity index (χ1n) is 7.04. The highest BCUT2D eigenvalue weighted by Gasteiger charge is 2.14. The van der Waals surface area contributed by atoms with E-state index < -0.39 is 0 Å². The van der Waals surface area contributed by atoms with E-state index in [-0.39, 0.29) is 5.54 Å². The van der Waals surface area contributed by atoms with Gasteiger partial charge in [0.15, 0.2) is 0 Å². The van der Waals surface area contributed by atoms with E-state index in [0.29, 0.717) is 0 Å². The molecule has 1 aromatic rings. The molecule has 0 atom stereocenters. The van der Waals surface area contributed by atoms with E-state index in [1.165, 1.54) is 11.3 Å². The zero-order valence-electron chi connectivity index (χ0n) is 13.2. The van der Waals surface area contributed by atoms with Crippen molar-refractivity contribution < 1.29 is 0 Å². The highest BCUT2D eigenvalue weighted by Crippen LogP contribution is 2.21. The van der Waals surface area contributed by atoms with Crippen LogP contribution in [0.15, 0.2) is 37.6 Å². The van der Waals surface area contributed by atoms with Crippen LogP contribution in [-0.2, 0) is 6.54 Å². The first kappa shape index (κ1) is 16.4. The van der Waals surface area contributed by atoms with Gasteiger partial charge in [-0.25, -0.2) is 0 Å². The summed E-state index contributed by atoms with van der Waals surface area (Å²) in [5.74, 6) is 0. The number of aryl methyl sites for hydroxylation is 1. The van der Waals surface area contributed by atoms with Gasteiger partial charge in [-0.05, 0) is 33.8 Å². The van der Waals surface area contributed by atoms with E-state index in [2.05, 4.69) is 55.2 Å². The molecule has 20 heavy (non-hydrogen) atoms. The molecular formula is C17H27N3. The van der Waals surface area contributed by atoms with E-state index in [1.54, 1.807) is 0 Å². The maximum atomic E-state index is 4.42. The fourth-order valence-electron chi connectivity index (χ4n) is 1.95. The Morgan fingerprint density at radius 3 is 2.35 bits per heavy atom. The van der Waals surface area contributed by atoms with Gasteiger partial charge in [0.2, 0.25) is 0 Å². The van der Waals surface area contributed by atoms with Crippen molar-refractivity contribution >= 4 is 5.69 Å². The first-order valence-corrected chi connectivity index (χ1v) is 7.04. The van der Waals surface area contributed by atoms with Gasteiger partial charge in [0.1, 0.15) is 0 Å². The summed E-state index contributed by atoms with van der Waals surface area (Å²) in [5.41, 5.74) is 3.52. The molecule has 0 amide bonds. The van der Waals surface area contributed by atoms with E-state index in [4.69, 9.17) is 0 Å². The number of pyridine rings is 1. The number of nitrogens with zero attached hydrogens (tertiary/aromatic N) is 2. The van der Waals surface area contributed by atoms with E-state index in [1.807, 2.05) is 25.3 Å². The van der Waals surface area contributed by atoms with E-state index >= 15 is 0 Å². The summed E-state index contributed by atoms with van der Waals surface area (Å²) in [7, 11) is 0. The lowest BCUT2D eigenvalue weighted by atomic mass is 10.1. The third kappa shape index (κ3) is 5.17. The molecular weight excluding hydrogens is 246 g/mol. The highest BCUT2D eigenvalue weighted by atomic mass is 15.1. The number of anilines is 1. The summed E-state index contributed by atoms with van der Waals surface area (Å²) in [5, 5.41) is 3.52. The lowest BCUT2D eigenvalue weighted by Gasteiger charge is -2.27. The fourth-order valence-corrected chi connectivity index (χ4v) is 1.95. The smallest absolute Gasteiger partial charge is 0.0451 e. The molecule has 0 fully saturated rings. The maximum Gasteiger partial charge on any atom is 0.0451 e. The molecule has 3 heteroatoms. The van der Waals surface area contributed by atoms with E-state index in [0.717, 1.165) is 25.3 Å². The van der Waals surface area contributed by atoms with Gasteiger partial charge < -0.3 is 10.2 Å². The summed E-state index contributed by atoms with van der Waals surface area (Å²) in [6, 6.07) is 2.13. The Kier molecular flexibility index (Phi) is 5.96. The van der Waals surface area contributed by atoms with Crippen molar-refractivity contribution in [1.82, 2.24) is 10.3 Å². The van der Waals surface area contributed by atoms with Crippen LogP contribution in [0.5, 0.6) is 0 Å². The van der Waals surface area contributed by atoms with Crippen LogP contribution in [0, 0.1) is 6.92 Å². The molecule has 3 nitrogen and oxygen atoms in total. The second-order valence-electron chi connectivity index (χ2n) is 6.04. The molecule has 1 rings (SSSR count). The van der Waals surface area contributed by atoms with Gasteiger partial charge in [0.25, 0.3) is 0 Å². The first-order chi connectivity index (χ1) is 9.37. The highest BCUT2D eigenvalue weighted by molar-refractivity contribution is 5.54. The summed E-state index contributed by atoms with van der Waals surface area (Å²) >= 11 is 0. The Balaban J connectivity index is 3.04. The number of rotatable bonds is 7. The van der Waals surface area contributed by atoms with Crippen molar-refractivity contribution in [2.75, 3.05) is 18.0 Å². The van der Waals surface area contributed by atoms with Crippen molar-refractivity contribution in [3.8, 4) is 0 Å². The quantitative estimate of drug-likeness (QED) is 0.771. The van der Waals surface area contributed by atoms with Crippen molar-refractivity contribution in [2.24, 2.45) is 0 Å². The lowest BCUT2D eigenvalue weighted by Crippen LogP contribution is -2.36. The number of nitrogens with one attached hydrogen (secondary N) is 1. The second-order valence-corrected chi connectivity index (χ2v) is 6.04. The second kappa shape index (κ2) is 7.25.